The van der Waals surface area contributed by atoms with Crippen LogP contribution in [-0.4, -0.2) is 57.5 Å². The summed E-state index contributed by atoms with van der Waals surface area (Å²) >= 11 is 0. The van der Waals surface area contributed by atoms with Crippen LogP contribution in [-0.2, 0) is 27.3 Å². The molecule has 2 amide bonds. The molecular formula is C39H48N4O5. The number of carboxylic acids is 1. The van der Waals surface area contributed by atoms with Gasteiger partial charge in [0.15, 0.2) is 5.82 Å². The van der Waals surface area contributed by atoms with Gasteiger partial charge >= 0.3 is 5.97 Å². The minimum Gasteiger partial charge on any atom is -0.494 e. The number of allylic oxidation sites excluding steroid dienone is 2. The average molecular weight is 653 g/mol. The van der Waals surface area contributed by atoms with Crippen molar-refractivity contribution in [2.45, 2.75) is 78.2 Å². The highest BCUT2D eigenvalue weighted by molar-refractivity contribution is 5.87. The number of nitrogens with zero attached hydrogens (tertiary/aromatic N) is 3. The Morgan fingerprint density at radius 2 is 1.56 bits per heavy atom. The van der Waals surface area contributed by atoms with Gasteiger partial charge in [-0.05, 0) is 85.6 Å². The number of carboxylic acid groups (broad SMARTS) is 1. The van der Waals surface area contributed by atoms with Crippen molar-refractivity contribution in [1.82, 2.24) is 20.2 Å². The van der Waals surface area contributed by atoms with E-state index in [2.05, 4.69) is 28.3 Å². The molecule has 1 unspecified atom stereocenters. The van der Waals surface area contributed by atoms with E-state index >= 15 is 0 Å². The Hall–Kier alpha value is -4.53. The lowest BCUT2D eigenvalue weighted by Crippen LogP contribution is -2.42. The maximum atomic E-state index is 12.9. The standard InChI is InChI=1S/C39H48N4O5/c1-3-27-5-11-30(12-6-27)31-15-17-32(18-16-31)34-22-41-39(42-23-34)33-13-7-29(8-14-33)25-43(26-38(46)47)37(45)24-40-36(44)21-28-9-19-35(20-10-28)48-4-2/h7-10,13-14,17,19-20,22-23,27,30-31H,3-6,11-12,15-16,18,21,24-26H2,1-2H3,(H,40,44)(H,46,47). The van der Waals surface area contributed by atoms with Crippen LogP contribution in [0.2, 0.25) is 0 Å². The van der Waals surface area contributed by atoms with Gasteiger partial charge in [-0.25, -0.2) is 9.97 Å². The summed E-state index contributed by atoms with van der Waals surface area (Å²) in [4.78, 5) is 47.5. The number of nitrogens with one attached hydrogen (secondary N) is 1. The number of carbonyl (C=O) groups is 3. The fourth-order valence-electron chi connectivity index (χ4n) is 7.03. The summed E-state index contributed by atoms with van der Waals surface area (Å²) in [6.07, 6.45) is 16.7. The lowest BCUT2D eigenvalue weighted by atomic mass is 9.71. The maximum absolute atomic E-state index is 12.9. The molecule has 254 valence electrons. The summed E-state index contributed by atoms with van der Waals surface area (Å²) in [5, 5.41) is 12.0. The number of aliphatic carboxylic acids is 1. The minimum atomic E-state index is -1.13. The third-order valence-electron chi connectivity index (χ3n) is 9.91. The maximum Gasteiger partial charge on any atom is 0.323 e. The highest BCUT2D eigenvalue weighted by Crippen LogP contribution is 2.41. The Kier molecular flexibility index (Phi) is 12.4. The largest absolute Gasteiger partial charge is 0.494 e. The highest BCUT2D eigenvalue weighted by Gasteiger charge is 2.28. The average Bonchev–Trinajstić information content (AvgIpc) is 3.11. The van der Waals surface area contributed by atoms with Crippen LogP contribution in [0.15, 0.2) is 67.0 Å². The Morgan fingerprint density at radius 1 is 0.875 bits per heavy atom. The van der Waals surface area contributed by atoms with E-state index in [0.717, 1.165) is 58.6 Å². The number of rotatable bonds is 14. The van der Waals surface area contributed by atoms with Crippen molar-refractivity contribution in [2.75, 3.05) is 19.7 Å². The third kappa shape index (κ3) is 9.75. The van der Waals surface area contributed by atoms with Crippen LogP contribution < -0.4 is 10.1 Å². The second-order valence-corrected chi connectivity index (χ2v) is 13.1. The number of hydrogen-bond donors (Lipinski definition) is 2. The smallest absolute Gasteiger partial charge is 0.323 e. The predicted octanol–water partition coefficient (Wildman–Crippen LogP) is 6.71. The zero-order valence-electron chi connectivity index (χ0n) is 28.2. The number of ether oxygens (including phenoxy) is 1. The molecule has 1 aromatic heterocycles. The van der Waals surface area contributed by atoms with Gasteiger partial charge in [-0.1, -0.05) is 68.7 Å². The number of hydrogen-bond acceptors (Lipinski definition) is 6. The molecule has 0 aliphatic heterocycles. The number of carbonyl (C=O) groups excluding carboxylic acids is 2. The third-order valence-corrected chi connectivity index (χ3v) is 9.91. The molecule has 48 heavy (non-hydrogen) atoms. The van der Waals surface area contributed by atoms with E-state index in [-0.39, 0.29) is 25.4 Å². The van der Waals surface area contributed by atoms with Gasteiger partial charge in [-0.3, -0.25) is 14.4 Å². The topological polar surface area (TPSA) is 122 Å². The molecule has 1 fully saturated rings. The van der Waals surface area contributed by atoms with Gasteiger partial charge < -0.3 is 20.1 Å². The quantitative estimate of drug-likeness (QED) is 0.198. The van der Waals surface area contributed by atoms with Gasteiger partial charge in [-0.15, -0.1) is 0 Å². The van der Waals surface area contributed by atoms with E-state index < -0.39 is 18.4 Å². The Balaban J connectivity index is 1.12. The fraction of sp³-hybridized carbons (Fsp3) is 0.462. The summed E-state index contributed by atoms with van der Waals surface area (Å²) in [5.41, 5.74) is 4.80. The Labute approximate surface area is 283 Å². The summed E-state index contributed by atoms with van der Waals surface area (Å²) in [5.74, 6) is 2.02. The number of amides is 2. The first-order valence-corrected chi connectivity index (χ1v) is 17.4. The van der Waals surface area contributed by atoms with Gasteiger partial charge in [0.2, 0.25) is 11.8 Å². The highest BCUT2D eigenvalue weighted by atomic mass is 16.5. The summed E-state index contributed by atoms with van der Waals surface area (Å²) < 4.78 is 5.42. The number of aromatic nitrogens is 2. The summed E-state index contributed by atoms with van der Waals surface area (Å²) in [7, 11) is 0. The molecule has 2 aliphatic rings. The van der Waals surface area contributed by atoms with Crippen LogP contribution in [0.5, 0.6) is 5.75 Å². The zero-order valence-corrected chi connectivity index (χ0v) is 28.2. The normalized spacial score (nSPS) is 19.2. The van der Waals surface area contributed by atoms with Crippen LogP contribution in [0.25, 0.3) is 17.0 Å². The van der Waals surface area contributed by atoms with Crippen LogP contribution in [0.1, 0.15) is 81.9 Å². The summed E-state index contributed by atoms with van der Waals surface area (Å²) in [6, 6.07) is 14.6. The molecule has 1 saturated carbocycles. The number of benzene rings is 2. The molecule has 1 atom stereocenters. The molecule has 9 heteroatoms. The molecule has 0 spiro atoms. The second kappa shape index (κ2) is 17.0. The summed E-state index contributed by atoms with van der Waals surface area (Å²) in [6.45, 7) is 4.10. The molecular weight excluding hydrogens is 604 g/mol. The van der Waals surface area contributed by atoms with Gasteiger partial charge in [0, 0.05) is 30.1 Å². The first-order chi connectivity index (χ1) is 23.3. The monoisotopic (exact) mass is 652 g/mol. The van der Waals surface area contributed by atoms with Crippen molar-refractivity contribution in [1.29, 1.82) is 0 Å². The van der Waals surface area contributed by atoms with Crippen LogP contribution >= 0.6 is 0 Å². The lowest BCUT2D eigenvalue weighted by molar-refractivity contribution is -0.144. The van der Waals surface area contributed by atoms with E-state index in [0.29, 0.717) is 12.4 Å². The molecule has 5 rings (SSSR count). The van der Waals surface area contributed by atoms with Crippen molar-refractivity contribution >= 4 is 23.4 Å². The zero-order chi connectivity index (χ0) is 33.9. The Morgan fingerprint density at radius 3 is 2.17 bits per heavy atom. The van der Waals surface area contributed by atoms with E-state index in [9.17, 15) is 19.5 Å². The van der Waals surface area contributed by atoms with Crippen molar-refractivity contribution in [3.05, 3.63) is 83.7 Å². The molecule has 2 aromatic carbocycles. The van der Waals surface area contributed by atoms with Crippen LogP contribution in [0, 0.1) is 17.8 Å². The van der Waals surface area contributed by atoms with Gasteiger partial charge in [0.1, 0.15) is 12.3 Å². The van der Waals surface area contributed by atoms with Gasteiger partial charge in [-0.2, -0.15) is 0 Å². The van der Waals surface area contributed by atoms with E-state index in [1.165, 1.54) is 49.0 Å². The van der Waals surface area contributed by atoms with Crippen LogP contribution in [0.4, 0.5) is 0 Å². The molecule has 2 N–H and O–H groups in total. The SMILES string of the molecule is CCOc1ccc(CC(=O)NCC(=O)N(CC(=O)O)Cc2ccc(-c3ncc(C4=CCC(C5CCC(CC)CC5)CC4)cn3)cc2)cc1. The molecule has 2 aliphatic carbocycles. The molecule has 0 radical (unpaired) electrons. The molecule has 0 saturated heterocycles. The van der Waals surface area contributed by atoms with E-state index in [4.69, 9.17) is 4.74 Å². The lowest BCUT2D eigenvalue weighted by Gasteiger charge is -2.35. The molecule has 9 nitrogen and oxygen atoms in total. The second-order valence-electron chi connectivity index (χ2n) is 13.1. The molecule has 1 heterocycles. The van der Waals surface area contributed by atoms with Crippen LogP contribution in [0.3, 0.4) is 0 Å². The van der Waals surface area contributed by atoms with Crippen molar-refractivity contribution in [3.63, 3.8) is 0 Å². The van der Waals surface area contributed by atoms with E-state index in [1.54, 1.807) is 24.3 Å². The Bertz CT molecular complexity index is 1540. The molecule has 0 bridgehead atoms. The van der Waals surface area contributed by atoms with Crippen molar-refractivity contribution in [3.8, 4) is 17.1 Å². The van der Waals surface area contributed by atoms with Gasteiger partial charge in [0.05, 0.1) is 19.6 Å². The minimum absolute atomic E-state index is 0.0924. The van der Waals surface area contributed by atoms with Crippen molar-refractivity contribution in [2.24, 2.45) is 17.8 Å². The fourth-order valence-corrected chi connectivity index (χ4v) is 7.03. The van der Waals surface area contributed by atoms with Crippen molar-refractivity contribution < 1.29 is 24.2 Å². The molecule has 3 aromatic rings. The van der Waals surface area contributed by atoms with Gasteiger partial charge in [0.25, 0.3) is 0 Å². The first-order valence-electron chi connectivity index (χ1n) is 17.4. The first kappa shape index (κ1) is 34.8. The van der Waals surface area contributed by atoms with E-state index in [1.807, 2.05) is 43.6 Å². The predicted molar refractivity (Wildman–Crippen MR) is 186 cm³/mol.